The molecular weight excluding hydrogens is 280 g/mol. The van der Waals surface area contributed by atoms with Gasteiger partial charge in [-0.05, 0) is 42.0 Å². The van der Waals surface area contributed by atoms with Crippen molar-refractivity contribution < 1.29 is 9.53 Å². The van der Waals surface area contributed by atoms with E-state index in [2.05, 4.69) is 29.4 Å². The molecule has 22 heavy (non-hydrogen) atoms. The fraction of sp³-hybridized carbons (Fsp3) is 0.375. The highest BCUT2D eigenvalue weighted by atomic mass is 16.5. The number of tetrazole rings is 1. The Kier molecular flexibility index (Phi) is 4.00. The van der Waals surface area contributed by atoms with Gasteiger partial charge in [0.05, 0.1) is 17.2 Å². The molecule has 2 aromatic heterocycles. The van der Waals surface area contributed by atoms with Crippen LogP contribution in [0.4, 0.5) is 0 Å². The first-order valence-electron chi connectivity index (χ1n) is 7.49. The molecule has 1 atom stereocenters. The minimum atomic E-state index is 0.163. The van der Waals surface area contributed by atoms with Crippen LogP contribution in [0.3, 0.4) is 0 Å². The highest BCUT2D eigenvalue weighted by Crippen LogP contribution is 2.24. The summed E-state index contributed by atoms with van der Waals surface area (Å²) in [6.07, 6.45) is 4.26. The molecular formula is C16H18N4O2. The fourth-order valence-corrected chi connectivity index (χ4v) is 2.53. The smallest absolute Gasteiger partial charge is 0.190 e. The summed E-state index contributed by atoms with van der Waals surface area (Å²) in [7, 11) is 0. The maximum absolute atomic E-state index is 11.1. The molecule has 6 nitrogen and oxygen atoms in total. The van der Waals surface area contributed by atoms with Crippen molar-refractivity contribution in [1.29, 1.82) is 0 Å². The maximum atomic E-state index is 11.1. The zero-order valence-electron chi connectivity index (χ0n) is 12.7. The molecule has 1 aromatic carbocycles. The third-order valence-corrected chi connectivity index (χ3v) is 3.70. The average Bonchev–Trinajstić information content (AvgIpc) is 3.02. The van der Waals surface area contributed by atoms with Crippen LogP contribution in [-0.4, -0.2) is 32.4 Å². The third-order valence-electron chi connectivity index (χ3n) is 3.70. The molecule has 0 radical (unpaired) electrons. The lowest BCUT2D eigenvalue weighted by Crippen LogP contribution is -2.11. The predicted octanol–water partition coefficient (Wildman–Crippen LogP) is 3.05. The highest BCUT2D eigenvalue weighted by Gasteiger charge is 2.11. The third kappa shape index (κ3) is 2.64. The van der Waals surface area contributed by atoms with E-state index in [9.17, 15) is 4.79 Å². The predicted molar refractivity (Wildman–Crippen MR) is 83.3 cm³/mol. The number of aromatic nitrogens is 4. The Morgan fingerprint density at radius 2 is 2.23 bits per heavy atom. The summed E-state index contributed by atoms with van der Waals surface area (Å²) < 4.78 is 7.53. The number of pyridine rings is 1. The molecule has 0 saturated heterocycles. The molecule has 0 amide bonds. The molecule has 114 valence electrons. The van der Waals surface area contributed by atoms with Crippen molar-refractivity contribution in [2.45, 2.75) is 39.2 Å². The van der Waals surface area contributed by atoms with Gasteiger partial charge in [0.25, 0.3) is 0 Å². The van der Waals surface area contributed by atoms with E-state index in [1.165, 1.54) is 0 Å². The molecule has 0 saturated carbocycles. The summed E-state index contributed by atoms with van der Waals surface area (Å²) in [5.74, 6) is 0.784. The Morgan fingerprint density at radius 1 is 1.36 bits per heavy atom. The summed E-state index contributed by atoms with van der Waals surface area (Å²) in [6.45, 7) is 4.24. The zero-order valence-corrected chi connectivity index (χ0v) is 12.7. The zero-order chi connectivity index (χ0) is 15.5. The Labute approximate surface area is 128 Å². The SMILES string of the molecule is CCCCC(C)Oc1ccc2cc(C=O)c3nnnn3c2c1. The maximum Gasteiger partial charge on any atom is 0.190 e. The van der Waals surface area contributed by atoms with Gasteiger partial charge in [0.2, 0.25) is 0 Å². The number of hydrogen-bond donors (Lipinski definition) is 0. The molecule has 3 aromatic rings. The molecule has 3 rings (SSSR count). The van der Waals surface area contributed by atoms with E-state index in [0.29, 0.717) is 11.2 Å². The number of carbonyl (C=O) groups excluding carboxylic acids is 1. The molecule has 0 aliphatic carbocycles. The second-order valence-corrected chi connectivity index (χ2v) is 5.42. The summed E-state index contributed by atoms with van der Waals surface area (Å²) in [4.78, 5) is 11.1. The van der Waals surface area contributed by atoms with Gasteiger partial charge in [-0.25, -0.2) is 0 Å². The van der Waals surface area contributed by atoms with Crippen molar-refractivity contribution >= 4 is 22.8 Å². The van der Waals surface area contributed by atoms with E-state index in [4.69, 9.17) is 4.74 Å². The standard InChI is InChI=1S/C16H18N4O2/c1-3-4-5-11(2)22-14-7-6-12-8-13(10-21)16-17-18-19-20(16)15(12)9-14/h6-11H,3-5H2,1-2H3. The number of ether oxygens (including phenoxy) is 1. The Balaban J connectivity index is 2.00. The van der Waals surface area contributed by atoms with Crippen LogP contribution in [-0.2, 0) is 0 Å². The minimum Gasteiger partial charge on any atom is -0.491 e. The number of carbonyl (C=O) groups is 1. The second-order valence-electron chi connectivity index (χ2n) is 5.42. The Morgan fingerprint density at radius 3 is 3.00 bits per heavy atom. The largest absolute Gasteiger partial charge is 0.491 e. The molecule has 6 heteroatoms. The lowest BCUT2D eigenvalue weighted by molar-refractivity contribution is 0.112. The van der Waals surface area contributed by atoms with Crippen molar-refractivity contribution in [1.82, 2.24) is 20.0 Å². The first kappa shape index (κ1) is 14.4. The number of nitrogens with zero attached hydrogens (tertiary/aromatic N) is 4. The van der Waals surface area contributed by atoms with Gasteiger partial charge in [-0.15, -0.1) is 5.10 Å². The summed E-state index contributed by atoms with van der Waals surface area (Å²) in [5.41, 5.74) is 1.76. The highest BCUT2D eigenvalue weighted by molar-refractivity contribution is 5.93. The number of benzene rings is 1. The monoisotopic (exact) mass is 298 g/mol. The first-order chi connectivity index (χ1) is 10.7. The quantitative estimate of drug-likeness (QED) is 0.654. The van der Waals surface area contributed by atoms with Crippen LogP contribution in [0.5, 0.6) is 5.75 Å². The second kappa shape index (κ2) is 6.09. The van der Waals surface area contributed by atoms with E-state index in [-0.39, 0.29) is 6.10 Å². The van der Waals surface area contributed by atoms with E-state index in [1.54, 1.807) is 10.6 Å². The minimum absolute atomic E-state index is 0.163. The van der Waals surface area contributed by atoms with Crippen molar-refractivity contribution in [3.63, 3.8) is 0 Å². The average molecular weight is 298 g/mol. The Bertz CT molecular complexity index is 812. The van der Waals surface area contributed by atoms with E-state index >= 15 is 0 Å². The lowest BCUT2D eigenvalue weighted by atomic mass is 10.1. The summed E-state index contributed by atoms with van der Waals surface area (Å²) >= 11 is 0. The number of hydrogen-bond acceptors (Lipinski definition) is 5. The lowest BCUT2D eigenvalue weighted by Gasteiger charge is -2.15. The van der Waals surface area contributed by atoms with Gasteiger partial charge in [0.15, 0.2) is 11.9 Å². The van der Waals surface area contributed by atoms with Gasteiger partial charge < -0.3 is 4.74 Å². The number of rotatable bonds is 6. The Hall–Kier alpha value is -2.50. The van der Waals surface area contributed by atoms with Gasteiger partial charge in [0, 0.05) is 11.5 Å². The topological polar surface area (TPSA) is 69.4 Å². The molecule has 0 bridgehead atoms. The van der Waals surface area contributed by atoms with E-state index in [1.807, 2.05) is 18.2 Å². The fourth-order valence-electron chi connectivity index (χ4n) is 2.53. The summed E-state index contributed by atoms with van der Waals surface area (Å²) in [6, 6.07) is 7.54. The normalized spacial score (nSPS) is 12.6. The van der Waals surface area contributed by atoms with Gasteiger partial charge in [-0.1, -0.05) is 19.8 Å². The van der Waals surface area contributed by atoms with Gasteiger partial charge in [0.1, 0.15) is 5.75 Å². The van der Waals surface area contributed by atoms with Gasteiger partial charge in [-0.3, -0.25) is 4.79 Å². The van der Waals surface area contributed by atoms with Crippen molar-refractivity contribution in [2.75, 3.05) is 0 Å². The van der Waals surface area contributed by atoms with Gasteiger partial charge >= 0.3 is 0 Å². The molecule has 0 aliphatic heterocycles. The van der Waals surface area contributed by atoms with Crippen molar-refractivity contribution in [2.24, 2.45) is 0 Å². The van der Waals surface area contributed by atoms with Crippen molar-refractivity contribution in [3.05, 3.63) is 29.8 Å². The van der Waals surface area contributed by atoms with Crippen LogP contribution in [0.2, 0.25) is 0 Å². The van der Waals surface area contributed by atoms with Crippen LogP contribution < -0.4 is 4.74 Å². The van der Waals surface area contributed by atoms with Crippen molar-refractivity contribution in [3.8, 4) is 5.75 Å². The summed E-state index contributed by atoms with van der Waals surface area (Å²) in [5, 5.41) is 12.4. The van der Waals surface area contributed by atoms with Crippen LogP contribution in [0.25, 0.3) is 16.6 Å². The molecule has 0 aliphatic rings. The van der Waals surface area contributed by atoms with Crippen LogP contribution in [0, 0.1) is 0 Å². The van der Waals surface area contributed by atoms with Gasteiger partial charge in [-0.2, -0.15) is 4.52 Å². The van der Waals surface area contributed by atoms with E-state index in [0.717, 1.165) is 42.2 Å². The molecule has 0 spiro atoms. The molecule has 0 N–H and O–H groups in total. The molecule has 2 heterocycles. The van der Waals surface area contributed by atoms with Crippen LogP contribution in [0.1, 0.15) is 43.5 Å². The number of fused-ring (bicyclic) bond motifs is 3. The molecule has 1 unspecified atom stereocenters. The first-order valence-corrected chi connectivity index (χ1v) is 7.49. The molecule has 0 fully saturated rings. The number of aldehydes is 1. The van der Waals surface area contributed by atoms with Crippen LogP contribution >= 0.6 is 0 Å². The number of unbranched alkanes of at least 4 members (excludes halogenated alkanes) is 1. The van der Waals surface area contributed by atoms with E-state index < -0.39 is 0 Å². The van der Waals surface area contributed by atoms with Crippen LogP contribution in [0.15, 0.2) is 24.3 Å².